The summed E-state index contributed by atoms with van der Waals surface area (Å²) in [5.41, 5.74) is 0. The highest BCUT2D eigenvalue weighted by Gasteiger charge is 2.33. The van der Waals surface area contributed by atoms with Crippen molar-refractivity contribution in [1.82, 2.24) is 0 Å². The third-order valence-electron chi connectivity index (χ3n) is 6.91. The van der Waals surface area contributed by atoms with Gasteiger partial charge in [0.15, 0.2) is 0 Å². The average Bonchev–Trinajstić information content (AvgIpc) is 2.70. The first-order valence-electron chi connectivity index (χ1n) is 11.1. The zero-order valence-corrected chi connectivity index (χ0v) is 17.6. The molecule has 0 saturated heterocycles. The summed E-state index contributed by atoms with van der Waals surface area (Å²) >= 11 is 5.89. The maximum absolute atomic E-state index is 12.4. The van der Waals surface area contributed by atoms with Crippen LogP contribution in [-0.2, 0) is 4.79 Å². The van der Waals surface area contributed by atoms with Crippen LogP contribution in [0.1, 0.15) is 84.0 Å². The van der Waals surface area contributed by atoms with Crippen LogP contribution in [0, 0.1) is 23.7 Å². The topological polar surface area (TPSA) is 26.3 Å². The van der Waals surface area contributed by atoms with Gasteiger partial charge in [-0.15, -0.1) is 0 Å². The number of carbonyl (C=O) groups excluding carboxylic acids is 1. The number of benzene rings is 1. The van der Waals surface area contributed by atoms with Gasteiger partial charge in [-0.25, -0.2) is 0 Å². The van der Waals surface area contributed by atoms with Crippen molar-refractivity contribution in [3.8, 4) is 5.75 Å². The minimum absolute atomic E-state index is 0.0598. The molecule has 2 saturated carbocycles. The summed E-state index contributed by atoms with van der Waals surface area (Å²) in [6.07, 6.45) is 15.7. The maximum atomic E-state index is 12.4. The summed E-state index contributed by atoms with van der Waals surface area (Å²) in [5.74, 6) is 3.34. The average molecular weight is 391 g/mol. The lowest BCUT2D eigenvalue weighted by molar-refractivity contribution is -0.140. The Morgan fingerprint density at radius 3 is 2.11 bits per heavy atom. The lowest BCUT2D eigenvalue weighted by Crippen LogP contribution is -2.30. The lowest BCUT2D eigenvalue weighted by Gasteiger charge is -2.37. The molecule has 3 heteroatoms. The maximum Gasteiger partial charge on any atom is 0.314 e. The van der Waals surface area contributed by atoms with Crippen molar-refractivity contribution in [1.29, 1.82) is 0 Å². The first-order chi connectivity index (χ1) is 13.2. The molecule has 0 spiro atoms. The number of unbranched alkanes of at least 4 members (excludes halogenated alkanes) is 2. The molecule has 27 heavy (non-hydrogen) atoms. The fraction of sp³-hybridized carbons (Fsp3) is 0.708. The molecule has 0 radical (unpaired) electrons. The molecule has 0 aliphatic heterocycles. The van der Waals surface area contributed by atoms with Gasteiger partial charge in [-0.1, -0.05) is 57.0 Å². The van der Waals surface area contributed by atoms with Gasteiger partial charge >= 0.3 is 5.97 Å². The predicted molar refractivity (Wildman–Crippen MR) is 112 cm³/mol. The number of rotatable bonds is 7. The van der Waals surface area contributed by atoms with E-state index in [0.29, 0.717) is 10.8 Å². The SMILES string of the molecule is CCCCCC1CCC(C2CCC(C(=O)Oc3ccc(Cl)cc3)CC2)CC1. The van der Waals surface area contributed by atoms with E-state index in [0.717, 1.165) is 30.6 Å². The molecule has 2 aliphatic carbocycles. The number of carbonyl (C=O) groups is 1. The van der Waals surface area contributed by atoms with Crippen LogP contribution in [0.4, 0.5) is 0 Å². The highest BCUT2D eigenvalue weighted by molar-refractivity contribution is 6.30. The van der Waals surface area contributed by atoms with Gasteiger partial charge in [-0.2, -0.15) is 0 Å². The van der Waals surface area contributed by atoms with Gasteiger partial charge in [0.1, 0.15) is 5.75 Å². The molecule has 1 aromatic carbocycles. The number of esters is 1. The van der Waals surface area contributed by atoms with E-state index in [1.807, 2.05) is 0 Å². The van der Waals surface area contributed by atoms with Gasteiger partial charge in [0.2, 0.25) is 0 Å². The molecule has 150 valence electrons. The summed E-state index contributed by atoms with van der Waals surface area (Å²) in [6, 6.07) is 7.06. The molecular formula is C24H35ClO2. The van der Waals surface area contributed by atoms with Crippen molar-refractivity contribution in [3.05, 3.63) is 29.3 Å². The van der Waals surface area contributed by atoms with Crippen LogP contribution in [0.25, 0.3) is 0 Å². The van der Waals surface area contributed by atoms with Crippen LogP contribution >= 0.6 is 11.6 Å². The molecule has 0 N–H and O–H groups in total. The molecule has 0 unspecified atom stereocenters. The van der Waals surface area contributed by atoms with Crippen LogP contribution in [-0.4, -0.2) is 5.97 Å². The Morgan fingerprint density at radius 1 is 0.926 bits per heavy atom. The molecule has 1 aromatic rings. The minimum Gasteiger partial charge on any atom is -0.426 e. The number of hydrogen-bond donors (Lipinski definition) is 0. The molecule has 0 bridgehead atoms. The second-order valence-corrected chi connectivity index (χ2v) is 9.20. The van der Waals surface area contributed by atoms with Gasteiger partial charge in [0, 0.05) is 5.02 Å². The Hall–Kier alpha value is -1.02. The van der Waals surface area contributed by atoms with E-state index in [4.69, 9.17) is 16.3 Å². The molecule has 3 rings (SSSR count). The third-order valence-corrected chi connectivity index (χ3v) is 7.16. The van der Waals surface area contributed by atoms with E-state index >= 15 is 0 Å². The highest BCUT2D eigenvalue weighted by atomic mass is 35.5. The number of halogens is 1. The Kier molecular flexibility index (Phi) is 8.06. The van der Waals surface area contributed by atoms with E-state index in [9.17, 15) is 4.79 Å². The molecule has 2 nitrogen and oxygen atoms in total. The van der Waals surface area contributed by atoms with Crippen molar-refractivity contribution < 1.29 is 9.53 Å². The van der Waals surface area contributed by atoms with E-state index in [-0.39, 0.29) is 11.9 Å². The molecular weight excluding hydrogens is 356 g/mol. The Balaban J connectivity index is 1.37. The Morgan fingerprint density at radius 2 is 1.52 bits per heavy atom. The van der Waals surface area contributed by atoms with E-state index in [1.165, 1.54) is 64.2 Å². The van der Waals surface area contributed by atoms with Gasteiger partial charge in [0.05, 0.1) is 5.92 Å². The van der Waals surface area contributed by atoms with Crippen LogP contribution in [0.3, 0.4) is 0 Å². The summed E-state index contributed by atoms with van der Waals surface area (Å²) in [7, 11) is 0. The minimum atomic E-state index is -0.0598. The number of ether oxygens (including phenoxy) is 1. The van der Waals surface area contributed by atoms with E-state index < -0.39 is 0 Å². The van der Waals surface area contributed by atoms with Crippen LogP contribution in [0.5, 0.6) is 5.75 Å². The first kappa shape index (κ1) is 20.7. The van der Waals surface area contributed by atoms with Gasteiger partial charge in [-0.3, -0.25) is 4.79 Å². The quantitative estimate of drug-likeness (QED) is 0.274. The van der Waals surface area contributed by atoms with Gasteiger partial charge in [0.25, 0.3) is 0 Å². The zero-order valence-electron chi connectivity index (χ0n) is 16.8. The normalized spacial score (nSPS) is 28.7. The van der Waals surface area contributed by atoms with E-state index in [2.05, 4.69) is 6.92 Å². The molecule has 0 aromatic heterocycles. The second-order valence-electron chi connectivity index (χ2n) is 8.76. The summed E-state index contributed by atoms with van der Waals surface area (Å²) < 4.78 is 5.55. The highest BCUT2D eigenvalue weighted by Crippen LogP contribution is 2.42. The van der Waals surface area contributed by atoms with Crippen molar-refractivity contribution in [3.63, 3.8) is 0 Å². The summed E-state index contributed by atoms with van der Waals surface area (Å²) in [4.78, 5) is 12.4. The summed E-state index contributed by atoms with van der Waals surface area (Å²) in [6.45, 7) is 2.29. The monoisotopic (exact) mass is 390 g/mol. The summed E-state index contributed by atoms with van der Waals surface area (Å²) in [5, 5.41) is 0.662. The van der Waals surface area contributed by atoms with Crippen molar-refractivity contribution in [2.45, 2.75) is 84.0 Å². The predicted octanol–water partition coefficient (Wildman–Crippen LogP) is 7.44. The van der Waals surface area contributed by atoms with Crippen molar-refractivity contribution in [2.75, 3.05) is 0 Å². The molecule has 0 heterocycles. The molecule has 2 aliphatic rings. The van der Waals surface area contributed by atoms with Crippen LogP contribution in [0.15, 0.2) is 24.3 Å². The third kappa shape index (κ3) is 6.24. The first-order valence-corrected chi connectivity index (χ1v) is 11.5. The fourth-order valence-corrected chi connectivity index (χ4v) is 5.29. The zero-order chi connectivity index (χ0) is 19.1. The lowest BCUT2D eigenvalue weighted by atomic mass is 9.68. The Labute approximate surface area is 170 Å². The van der Waals surface area contributed by atoms with Crippen LogP contribution < -0.4 is 4.74 Å². The molecule has 0 atom stereocenters. The van der Waals surface area contributed by atoms with Crippen molar-refractivity contribution in [2.24, 2.45) is 23.7 Å². The Bertz CT molecular complexity index is 567. The molecule has 0 amide bonds. The van der Waals surface area contributed by atoms with Crippen molar-refractivity contribution >= 4 is 17.6 Å². The largest absolute Gasteiger partial charge is 0.426 e. The standard InChI is InChI=1S/C24H35ClO2/c1-2-3-4-5-18-6-8-19(9-7-18)20-10-12-21(13-11-20)24(26)27-23-16-14-22(25)15-17-23/h14-21H,2-13H2,1H3. The van der Waals surface area contributed by atoms with E-state index in [1.54, 1.807) is 24.3 Å². The fourth-order valence-electron chi connectivity index (χ4n) is 5.16. The van der Waals surface area contributed by atoms with Crippen LogP contribution in [0.2, 0.25) is 5.02 Å². The number of hydrogen-bond acceptors (Lipinski definition) is 2. The van der Waals surface area contributed by atoms with Gasteiger partial charge in [-0.05, 0) is 80.5 Å². The smallest absolute Gasteiger partial charge is 0.314 e. The molecule has 2 fully saturated rings. The van der Waals surface area contributed by atoms with Gasteiger partial charge < -0.3 is 4.74 Å². The second kappa shape index (κ2) is 10.5.